The van der Waals surface area contributed by atoms with Gasteiger partial charge in [0.25, 0.3) is 5.97 Å². The van der Waals surface area contributed by atoms with E-state index in [1.165, 1.54) is 32.6 Å². The van der Waals surface area contributed by atoms with Gasteiger partial charge in [0, 0.05) is 24.6 Å². The number of carbonyl (C=O) groups is 1. The number of benzene rings is 1. The molecule has 11 heteroatoms. The predicted molar refractivity (Wildman–Crippen MR) is 82.2 cm³/mol. The van der Waals surface area contributed by atoms with Crippen molar-refractivity contribution in [2.24, 2.45) is 10.8 Å². The van der Waals surface area contributed by atoms with Crippen molar-refractivity contribution in [2.75, 3.05) is 14.2 Å². The number of nitrogens with zero attached hydrogens (tertiary/aromatic N) is 2. The van der Waals surface area contributed by atoms with E-state index in [4.69, 9.17) is 30.5 Å². The molecule has 0 aliphatic rings. The average Bonchev–Trinajstić information content (AvgIpc) is 2.45. The van der Waals surface area contributed by atoms with Crippen LogP contribution in [0.2, 0.25) is 0 Å². The van der Waals surface area contributed by atoms with Gasteiger partial charge < -0.3 is 20.3 Å². The van der Waals surface area contributed by atoms with Gasteiger partial charge in [-0.1, -0.05) is 0 Å². The lowest BCUT2D eigenvalue weighted by atomic mass is 10.1. The first-order valence-corrected chi connectivity index (χ1v) is 5.96. The van der Waals surface area contributed by atoms with E-state index in [1.807, 2.05) is 0 Å². The predicted octanol–water partition coefficient (Wildman–Crippen LogP) is 0.520. The van der Waals surface area contributed by atoms with Crippen LogP contribution in [-0.4, -0.2) is 42.4 Å². The van der Waals surface area contributed by atoms with Crippen LogP contribution in [0.25, 0.3) is 0 Å². The van der Waals surface area contributed by atoms with Gasteiger partial charge in [-0.15, -0.1) is 0 Å². The molecule has 0 amide bonds. The van der Waals surface area contributed by atoms with Crippen molar-refractivity contribution in [3.63, 3.8) is 0 Å². The summed E-state index contributed by atoms with van der Waals surface area (Å²) in [7, 11) is 2.74. The molecule has 0 unspecified atom stereocenters. The Hall–Kier alpha value is -3.37. The molecule has 0 aliphatic heterocycles. The minimum Gasteiger partial charge on any atom is -0.496 e. The van der Waals surface area contributed by atoms with E-state index < -0.39 is 10.9 Å². The molecule has 0 heterocycles. The maximum absolute atomic E-state index is 10.9. The van der Waals surface area contributed by atoms with Crippen LogP contribution >= 0.6 is 0 Å². The standard InChI is InChI=1S/C10H13N5O4.C2H4O2/c1-18-8-4-9(19-2)7(15(16)17)3-6(8)5-13-14-10(11)12;1-2(3)4/h3-5H,1-2H3,(H4,11,12,14);1H3,(H,3,4). The largest absolute Gasteiger partial charge is 0.496 e. The van der Waals surface area contributed by atoms with Crippen LogP contribution in [0.3, 0.4) is 0 Å². The zero-order chi connectivity index (χ0) is 18.0. The second-order valence-corrected chi connectivity index (χ2v) is 3.83. The highest BCUT2D eigenvalue weighted by molar-refractivity contribution is 5.87. The first-order valence-electron chi connectivity index (χ1n) is 5.96. The molecule has 0 aliphatic carbocycles. The van der Waals surface area contributed by atoms with Crippen LogP contribution in [0.4, 0.5) is 5.69 Å². The summed E-state index contributed by atoms with van der Waals surface area (Å²) < 4.78 is 9.98. The molecule has 0 aromatic heterocycles. The van der Waals surface area contributed by atoms with E-state index in [0.717, 1.165) is 6.92 Å². The second kappa shape index (κ2) is 9.55. The molecule has 0 atom stereocenters. The van der Waals surface area contributed by atoms with Crippen molar-refractivity contribution in [1.82, 2.24) is 5.43 Å². The number of hydrazone groups is 1. The summed E-state index contributed by atoms with van der Waals surface area (Å²) in [6, 6.07) is 2.64. The molecule has 5 N–H and O–H groups in total. The Kier molecular flexibility index (Phi) is 8.15. The number of hydrogen-bond acceptors (Lipinski definition) is 7. The second-order valence-electron chi connectivity index (χ2n) is 3.83. The van der Waals surface area contributed by atoms with Crippen molar-refractivity contribution < 1.29 is 24.3 Å². The molecular weight excluding hydrogens is 310 g/mol. The van der Waals surface area contributed by atoms with E-state index >= 15 is 0 Å². The number of aliphatic carboxylic acids is 1. The molecule has 23 heavy (non-hydrogen) atoms. The smallest absolute Gasteiger partial charge is 0.311 e. The molecule has 0 radical (unpaired) electrons. The van der Waals surface area contributed by atoms with Gasteiger partial charge in [-0.2, -0.15) is 5.10 Å². The van der Waals surface area contributed by atoms with Crippen molar-refractivity contribution in [3.8, 4) is 11.5 Å². The number of carboxylic acid groups (broad SMARTS) is 1. The summed E-state index contributed by atoms with van der Waals surface area (Å²) in [6.07, 6.45) is 1.26. The number of rotatable bonds is 5. The molecule has 0 saturated heterocycles. The van der Waals surface area contributed by atoms with Gasteiger partial charge in [-0.05, 0) is 0 Å². The van der Waals surface area contributed by atoms with Crippen molar-refractivity contribution in [3.05, 3.63) is 27.8 Å². The van der Waals surface area contributed by atoms with Crippen molar-refractivity contribution in [2.45, 2.75) is 6.92 Å². The van der Waals surface area contributed by atoms with Crippen LogP contribution in [0.1, 0.15) is 12.5 Å². The van der Waals surface area contributed by atoms with Crippen molar-refractivity contribution in [1.29, 1.82) is 5.41 Å². The number of ether oxygens (including phenoxy) is 2. The third kappa shape index (κ3) is 7.27. The van der Waals surface area contributed by atoms with E-state index in [9.17, 15) is 10.1 Å². The number of nitro groups is 1. The van der Waals surface area contributed by atoms with Crippen LogP contribution in [0, 0.1) is 15.5 Å². The van der Waals surface area contributed by atoms with Crippen molar-refractivity contribution >= 4 is 23.8 Å². The van der Waals surface area contributed by atoms with Gasteiger partial charge in [0.1, 0.15) is 5.75 Å². The molecule has 0 saturated carbocycles. The maximum atomic E-state index is 10.9. The summed E-state index contributed by atoms with van der Waals surface area (Å²) >= 11 is 0. The topological polar surface area (TPSA) is 173 Å². The van der Waals surface area contributed by atoms with Crippen LogP contribution in [0.5, 0.6) is 11.5 Å². The van der Waals surface area contributed by atoms with E-state index in [2.05, 4.69) is 10.5 Å². The van der Waals surface area contributed by atoms with Gasteiger partial charge in [0.05, 0.1) is 25.4 Å². The van der Waals surface area contributed by atoms with Gasteiger partial charge >= 0.3 is 5.69 Å². The quantitative estimate of drug-likeness (QED) is 0.262. The lowest BCUT2D eigenvalue weighted by Crippen LogP contribution is -2.25. The summed E-state index contributed by atoms with van der Waals surface area (Å²) in [5.74, 6) is -0.756. The van der Waals surface area contributed by atoms with Gasteiger partial charge in [-0.3, -0.25) is 20.3 Å². The monoisotopic (exact) mass is 327 g/mol. The summed E-state index contributed by atoms with van der Waals surface area (Å²) in [5.41, 5.74) is 7.38. The lowest BCUT2D eigenvalue weighted by Gasteiger charge is -2.08. The molecule has 0 spiro atoms. The SMILES string of the molecule is CC(=O)O.COc1cc(OC)c([N+](=O)[O-])cc1C=NNC(=N)N. The number of nitro benzene ring substituents is 1. The van der Waals surface area contributed by atoms with Gasteiger partial charge in [-0.25, -0.2) is 5.43 Å². The fraction of sp³-hybridized carbons (Fsp3) is 0.250. The number of nitrogens with one attached hydrogen (secondary N) is 2. The normalized spacial score (nSPS) is 9.52. The molecule has 126 valence electrons. The van der Waals surface area contributed by atoms with Gasteiger partial charge in [0.15, 0.2) is 0 Å². The first-order chi connectivity index (χ1) is 10.7. The minimum absolute atomic E-state index is 0.0820. The maximum Gasteiger partial charge on any atom is 0.311 e. The molecule has 0 fully saturated rings. The summed E-state index contributed by atoms with van der Waals surface area (Å²) in [5, 5.41) is 28.9. The van der Waals surface area contributed by atoms with E-state index in [1.54, 1.807) is 0 Å². The third-order valence-corrected chi connectivity index (χ3v) is 2.12. The zero-order valence-corrected chi connectivity index (χ0v) is 12.7. The van der Waals surface area contributed by atoms with E-state index in [-0.39, 0.29) is 17.4 Å². The highest BCUT2D eigenvalue weighted by Gasteiger charge is 2.18. The molecule has 1 aromatic carbocycles. The Bertz CT molecular complexity index is 612. The first kappa shape index (κ1) is 19.6. The number of methoxy groups -OCH3 is 2. The fourth-order valence-electron chi connectivity index (χ4n) is 1.32. The minimum atomic E-state index is -0.833. The van der Waals surface area contributed by atoms with Crippen LogP contribution < -0.4 is 20.6 Å². The zero-order valence-electron chi connectivity index (χ0n) is 12.7. The third-order valence-electron chi connectivity index (χ3n) is 2.12. The lowest BCUT2D eigenvalue weighted by molar-refractivity contribution is -0.385. The van der Waals surface area contributed by atoms with Crippen LogP contribution in [0.15, 0.2) is 17.2 Å². The summed E-state index contributed by atoms with van der Waals surface area (Å²) in [4.78, 5) is 19.3. The Morgan fingerprint density at radius 1 is 1.43 bits per heavy atom. The Morgan fingerprint density at radius 2 is 1.96 bits per heavy atom. The Morgan fingerprint density at radius 3 is 2.35 bits per heavy atom. The fourth-order valence-corrected chi connectivity index (χ4v) is 1.32. The molecule has 11 nitrogen and oxygen atoms in total. The summed E-state index contributed by atoms with van der Waals surface area (Å²) in [6.45, 7) is 1.08. The number of guanidine groups is 1. The Balaban J connectivity index is 0.00000108. The number of nitrogens with two attached hydrogens (primary N) is 1. The van der Waals surface area contributed by atoms with E-state index in [0.29, 0.717) is 11.3 Å². The molecule has 0 bridgehead atoms. The molecule has 1 aromatic rings. The highest BCUT2D eigenvalue weighted by atomic mass is 16.6. The molecular formula is C12H17N5O6. The number of hydrogen-bond donors (Lipinski definition) is 4. The molecule has 1 rings (SSSR count). The highest BCUT2D eigenvalue weighted by Crippen LogP contribution is 2.33. The number of carboxylic acids is 1. The van der Waals surface area contributed by atoms with Crippen LogP contribution in [-0.2, 0) is 4.79 Å². The average molecular weight is 327 g/mol. The van der Waals surface area contributed by atoms with Gasteiger partial charge in [0.2, 0.25) is 11.7 Å². The Labute approximate surface area is 131 Å².